The lowest BCUT2D eigenvalue weighted by Crippen LogP contribution is -2.31. The first-order valence-corrected chi connectivity index (χ1v) is 6.24. The van der Waals surface area contributed by atoms with E-state index in [1.165, 1.54) is 0 Å². The maximum absolute atomic E-state index is 9.04. The number of ether oxygens (including phenoxy) is 1. The molecule has 0 aliphatic rings. The Hall–Kier alpha value is -0.490. The Balaban J connectivity index is 2.58. The topological polar surface area (TPSA) is 45.6 Å². The Morgan fingerprint density at radius 2 is 2.25 bits per heavy atom. The van der Waals surface area contributed by atoms with Gasteiger partial charge in [-0.1, -0.05) is 0 Å². The summed E-state index contributed by atoms with van der Waals surface area (Å²) < 4.78 is 5.22. The zero-order valence-electron chi connectivity index (χ0n) is 10.3. The summed E-state index contributed by atoms with van der Waals surface area (Å²) in [6.07, 6.45) is 0.0549. The molecule has 1 heterocycles. The minimum absolute atomic E-state index is 0.0549. The molecule has 0 bridgehead atoms. The van der Waals surface area contributed by atoms with Gasteiger partial charge in [0, 0.05) is 25.1 Å². The summed E-state index contributed by atoms with van der Waals surface area (Å²) in [5.74, 6) is 0. The van der Waals surface area contributed by atoms with E-state index in [1.54, 1.807) is 18.4 Å². The lowest BCUT2D eigenvalue weighted by atomic mass is 10.3. The molecule has 0 fully saturated rings. The average Bonchev–Trinajstić information content (AvgIpc) is 2.75. The molecule has 0 amide bonds. The van der Waals surface area contributed by atoms with Gasteiger partial charge in [0.2, 0.25) is 0 Å². The number of rotatable bonds is 6. The maximum Gasteiger partial charge on any atom is 0.122 e. The Bertz CT molecular complexity index is 317. The highest BCUT2D eigenvalue weighted by Crippen LogP contribution is 2.21. The largest absolute Gasteiger partial charge is 0.395 e. The molecule has 2 unspecified atom stereocenters. The number of aliphatic hydroxyl groups is 1. The molecular formula is C11H20N2O2S. The van der Waals surface area contributed by atoms with E-state index in [4.69, 9.17) is 9.84 Å². The fourth-order valence-electron chi connectivity index (χ4n) is 1.23. The van der Waals surface area contributed by atoms with E-state index >= 15 is 0 Å². The molecule has 0 saturated carbocycles. The molecule has 1 aromatic heterocycles. The number of aromatic nitrogens is 1. The van der Waals surface area contributed by atoms with Crippen LogP contribution in [0.2, 0.25) is 0 Å². The monoisotopic (exact) mass is 244 g/mol. The highest BCUT2D eigenvalue weighted by atomic mass is 32.1. The second-order valence-corrected chi connectivity index (χ2v) is 4.89. The summed E-state index contributed by atoms with van der Waals surface area (Å²) in [5, 5.41) is 12.1. The van der Waals surface area contributed by atoms with Crippen molar-refractivity contribution in [3.05, 3.63) is 16.1 Å². The van der Waals surface area contributed by atoms with E-state index in [9.17, 15) is 0 Å². The number of hydrogen-bond acceptors (Lipinski definition) is 5. The van der Waals surface area contributed by atoms with Gasteiger partial charge in [-0.25, -0.2) is 4.98 Å². The van der Waals surface area contributed by atoms with Gasteiger partial charge < -0.3 is 9.84 Å². The zero-order valence-corrected chi connectivity index (χ0v) is 11.1. The van der Waals surface area contributed by atoms with Gasteiger partial charge >= 0.3 is 0 Å². The molecular weight excluding hydrogens is 224 g/mol. The van der Waals surface area contributed by atoms with Gasteiger partial charge in [-0.05, 0) is 20.9 Å². The van der Waals surface area contributed by atoms with Crippen molar-refractivity contribution in [3.63, 3.8) is 0 Å². The Morgan fingerprint density at radius 3 is 2.81 bits per heavy atom. The van der Waals surface area contributed by atoms with E-state index in [0.717, 1.165) is 17.2 Å². The SMILES string of the molecule is COC(C)c1nc(CN(C)C(C)CO)cs1. The average molecular weight is 244 g/mol. The molecule has 5 heteroatoms. The minimum atomic E-state index is 0.0549. The van der Waals surface area contributed by atoms with Crippen LogP contribution in [0.5, 0.6) is 0 Å². The third-order valence-electron chi connectivity index (χ3n) is 2.70. The summed E-state index contributed by atoms with van der Waals surface area (Å²) in [5.41, 5.74) is 1.03. The quantitative estimate of drug-likeness (QED) is 0.826. The molecule has 0 saturated heterocycles. The molecule has 0 spiro atoms. The molecule has 92 valence electrons. The first-order chi connectivity index (χ1) is 7.58. The maximum atomic E-state index is 9.04. The van der Waals surface area contributed by atoms with Crippen molar-refractivity contribution in [1.29, 1.82) is 0 Å². The Morgan fingerprint density at radius 1 is 1.56 bits per heavy atom. The first kappa shape index (κ1) is 13.6. The number of likely N-dealkylation sites (N-methyl/N-ethyl adjacent to an activating group) is 1. The standard InChI is InChI=1S/C11H20N2O2S/c1-8(6-14)13(3)5-10-7-16-11(12-10)9(2)15-4/h7-9,14H,5-6H2,1-4H3. The third-order valence-corrected chi connectivity index (χ3v) is 3.75. The van der Waals surface area contributed by atoms with Crippen molar-refractivity contribution in [2.45, 2.75) is 32.5 Å². The fraction of sp³-hybridized carbons (Fsp3) is 0.727. The van der Waals surface area contributed by atoms with Crippen molar-refractivity contribution in [1.82, 2.24) is 9.88 Å². The normalized spacial score (nSPS) is 15.4. The van der Waals surface area contributed by atoms with Crippen LogP contribution in [0.25, 0.3) is 0 Å². The van der Waals surface area contributed by atoms with Crippen molar-refractivity contribution in [2.75, 3.05) is 20.8 Å². The predicted molar refractivity (Wildman–Crippen MR) is 65.6 cm³/mol. The van der Waals surface area contributed by atoms with E-state index in [-0.39, 0.29) is 18.8 Å². The molecule has 2 atom stereocenters. The molecule has 1 rings (SSSR count). The molecule has 0 radical (unpaired) electrons. The first-order valence-electron chi connectivity index (χ1n) is 5.36. The van der Waals surface area contributed by atoms with Crippen molar-refractivity contribution >= 4 is 11.3 Å². The number of methoxy groups -OCH3 is 1. The molecule has 0 aliphatic heterocycles. The number of aliphatic hydroxyl groups excluding tert-OH is 1. The smallest absolute Gasteiger partial charge is 0.122 e. The van der Waals surface area contributed by atoms with E-state index in [1.807, 2.05) is 26.3 Å². The third kappa shape index (κ3) is 3.52. The Kier molecular flexibility index (Phi) is 5.34. The Labute approximate surface area is 101 Å². The lowest BCUT2D eigenvalue weighted by Gasteiger charge is -2.21. The van der Waals surface area contributed by atoms with Crippen LogP contribution in [-0.2, 0) is 11.3 Å². The molecule has 16 heavy (non-hydrogen) atoms. The van der Waals surface area contributed by atoms with Crippen molar-refractivity contribution < 1.29 is 9.84 Å². The second-order valence-electron chi connectivity index (χ2n) is 4.00. The van der Waals surface area contributed by atoms with Gasteiger partial charge in [0.05, 0.1) is 12.3 Å². The van der Waals surface area contributed by atoms with Crippen LogP contribution in [0.1, 0.15) is 30.7 Å². The summed E-state index contributed by atoms with van der Waals surface area (Å²) in [6, 6.07) is 0.157. The minimum Gasteiger partial charge on any atom is -0.395 e. The van der Waals surface area contributed by atoms with Crippen LogP contribution in [-0.4, -0.2) is 41.8 Å². The van der Waals surface area contributed by atoms with Crippen molar-refractivity contribution in [2.24, 2.45) is 0 Å². The van der Waals surface area contributed by atoms with Crippen LogP contribution in [0.15, 0.2) is 5.38 Å². The van der Waals surface area contributed by atoms with E-state index in [2.05, 4.69) is 9.88 Å². The molecule has 1 N–H and O–H groups in total. The van der Waals surface area contributed by atoms with Gasteiger partial charge in [-0.15, -0.1) is 11.3 Å². The summed E-state index contributed by atoms with van der Waals surface area (Å²) >= 11 is 1.62. The van der Waals surface area contributed by atoms with Crippen LogP contribution in [0.4, 0.5) is 0 Å². The fourth-order valence-corrected chi connectivity index (χ4v) is 2.08. The summed E-state index contributed by atoms with van der Waals surface area (Å²) in [6.45, 7) is 4.91. The molecule has 1 aromatic rings. The molecule has 0 aromatic carbocycles. The lowest BCUT2D eigenvalue weighted by molar-refractivity contribution is 0.118. The summed E-state index contributed by atoms with van der Waals surface area (Å²) in [4.78, 5) is 6.59. The predicted octanol–water partition coefficient (Wildman–Crippen LogP) is 1.66. The zero-order chi connectivity index (χ0) is 12.1. The highest BCUT2D eigenvalue weighted by Gasteiger charge is 2.13. The van der Waals surface area contributed by atoms with Crippen LogP contribution in [0.3, 0.4) is 0 Å². The molecule has 4 nitrogen and oxygen atoms in total. The van der Waals surface area contributed by atoms with E-state index in [0.29, 0.717) is 0 Å². The van der Waals surface area contributed by atoms with Gasteiger partial charge in [-0.3, -0.25) is 4.90 Å². The van der Waals surface area contributed by atoms with E-state index < -0.39 is 0 Å². The highest BCUT2D eigenvalue weighted by molar-refractivity contribution is 7.09. The second kappa shape index (κ2) is 6.30. The van der Waals surface area contributed by atoms with Gasteiger partial charge in [0.1, 0.15) is 11.1 Å². The molecule has 0 aliphatic carbocycles. The van der Waals surface area contributed by atoms with Crippen molar-refractivity contribution in [3.8, 4) is 0 Å². The van der Waals surface area contributed by atoms with Gasteiger partial charge in [-0.2, -0.15) is 0 Å². The van der Waals surface area contributed by atoms with Crippen LogP contribution >= 0.6 is 11.3 Å². The van der Waals surface area contributed by atoms with Crippen LogP contribution < -0.4 is 0 Å². The number of nitrogens with zero attached hydrogens (tertiary/aromatic N) is 2. The van der Waals surface area contributed by atoms with Gasteiger partial charge in [0.25, 0.3) is 0 Å². The van der Waals surface area contributed by atoms with Crippen LogP contribution in [0, 0.1) is 0 Å². The van der Waals surface area contributed by atoms with Gasteiger partial charge in [0.15, 0.2) is 0 Å². The summed E-state index contributed by atoms with van der Waals surface area (Å²) in [7, 11) is 3.67. The number of hydrogen-bond donors (Lipinski definition) is 1. The number of thiazole rings is 1.